The number of benzene rings is 1. The molecule has 1 saturated carbocycles. The van der Waals surface area contributed by atoms with Gasteiger partial charge in [-0.25, -0.2) is 4.79 Å². The molecule has 3 unspecified atom stereocenters. The van der Waals surface area contributed by atoms with Crippen molar-refractivity contribution in [3.63, 3.8) is 0 Å². The molecule has 0 aromatic heterocycles. The summed E-state index contributed by atoms with van der Waals surface area (Å²) in [7, 11) is 0. The summed E-state index contributed by atoms with van der Waals surface area (Å²) < 4.78 is 5.41. The molecule has 1 aromatic rings. The van der Waals surface area contributed by atoms with Gasteiger partial charge in [0.05, 0.1) is 12.0 Å². The standard InChI is InChI=1S/C18H21ClN2O2/c19-14-6-8-15(9-7-14)23-18(22)16-10-13(11-20)17(21-16)12-4-2-1-3-5-12/h6-9,12-13,16-17,21H,1-5,10H2. The van der Waals surface area contributed by atoms with E-state index in [1.165, 1.54) is 19.3 Å². The van der Waals surface area contributed by atoms with Crippen LogP contribution in [0.2, 0.25) is 5.02 Å². The summed E-state index contributed by atoms with van der Waals surface area (Å²) in [4.78, 5) is 12.4. The maximum Gasteiger partial charge on any atom is 0.328 e. The van der Waals surface area contributed by atoms with Gasteiger partial charge in [0.1, 0.15) is 11.8 Å². The van der Waals surface area contributed by atoms with Crippen molar-refractivity contribution in [2.45, 2.75) is 50.6 Å². The van der Waals surface area contributed by atoms with Crippen LogP contribution in [-0.4, -0.2) is 18.1 Å². The molecule has 1 heterocycles. The third kappa shape index (κ3) is 3.85. The van der Waals surface area contributed by atoms with Gasteiger partial charge in [-0.3, -0.25) is 5.32 Å². The largest absolute Gasteiger partial charge is 0.425 e. The van der Waals surface area contributed by atoms with Crippen LogP contribution in [-0.2, 0) is 4.79 Å². The first kappa shape index (κ1) is 16.3. The normalized spacial score (nSPS) is 28.3. The molecule has 1 aliphatic carbocycles. The van der Waals surface area contributed by atoms with Crippen molar-refractivity contribution in [1.82, 2.24) is 5.32 Å². The maximum absolute atomic E-state index is 12.4. The fourth-order valence-corrected chi connectivity index (χ4v) is 3.89. The molecule has 1 N–H and O–H groups in total. The molecule has 3 atom stereocenters. The lowest BCUT2D eigenvalue weighted by Crippen LogP contribution is -2.42. The number of ether oxygens (including phenoxy) is 1. The Morgan fingerprint density at radius 2 is 1.91 bits per heavy atom. The zero-order chi connectivity index (χ0) is 16.2. The number of hydrogen-bond donors (Lipinski definition) is 1. The van der Waals surface area contributed by atoms with E-state index in [1.54, 1.807) is 24.3 Å². The van der Waals surface area contributed by atoms with Crippen LogP contribution in [0.5, 0.6) is 5.75 Å². The number of halogens is 1. The van der Waals surface area contributed by atoms with Crippen LogP contribution in [0.4, 0.5) is 0 Å². The lowest BCUT2D eigenvalue weighted by atomic mass is 9.80. The van der Waals surface area contributed by atoms with Gasteiger partial charge in [-0.2, -0.15) is 5.26 Å². The molecule has 1 aliphatic heterocycles. The van der Waals surface area contributed by atoms with Crippen molar-refractivity contribution >= 4 is 17.6 Å². The highest BCUT2D eigenvalue weighted by Gasteiger charge is 2.42. The minimum absolute atomic E-state index is 0.110. The van der Waals surface area contributed by atoms with Gasteiger partial charge >= 0.3 is 5.97 Å². The van der Waals surface area contributed by atoms with E-state index >= 15 is 0 Å². The average Bonchev–Trinajstić information content (AvgIpc) is 3.02. The summed E-state index contributed by atoms with van der Waals surface area (Å²) in [6.07, 6.45) is 6.55. The summed E-state index contributed by atoms with van der Waals surface area (Å²) in [6, 6.07) is 8.82. The van der Waals surface area contributed by atoms with Crippen molar-refractivity contribution in [3.05, 3.63) is 29.3 Å². The SMILES string of the molecule is N#CC1CC(C(=O)Oc2ccc(Cl)cc2)NC1C1CCCCC1. The lowest BCUT2D eigenvalue weighted by Gasteiger charge is -2.29. The van der Waals surface area contributed by atoms with Crippen LogP contribution in [0.15, 0.2) is 24.3 Å². The van der Waals surface area contributed by atoms with Crippen LogP contribution in [0.25, 0.3) is 0 Å². The zero-order valence-electron chi connectivity index (χ0n) is 13.0. The molecule has 3 rings (SSSR count). The predicted octanol–water partition coefficient (Wildman–Crippen LogP) is 3.70. The Hall–Kier alpha value is -1.57. The molecule has 0 amide bonds. The maximum atomic E-state index is 12.4. The molecule has 2 aliphatic rings. The van der Waals surface area contributed by atoms with Crippen molar-refractivity contribution in [2.24, 2.45) is 11.8 Å². The first-order chi connectivity index (χ1) is 11.2. The zero-order valence-corrected chi connectivity index (χ0v) is 13.8. The van der Waals surface area contributed by atoms with E-state index in [9.17, 15) is 10.1 Å². The highest BCUT2D eigenvalue weighted by atomic mass is 35.5. The summed E-state index contributed by atoms with van der Waals surface area (Å²) in [5, 5.41) is 13.4. The Balaban J connectivity index is 1.63. The summed E-state index contributed by atoms with van der Waals surface area (Å²) >= 11 is 5.83. The molecule has 1 saturated heterocycles. The van der Waals surface area contributed by atoms with E-state index in [-0.39, 0.29) is 17.9 Å². The van der Waals surface area contributed by atoms with Gasteiger partial charge in [0.25, 0.3) is 0 Å². The lowest BCUT2D eigenvalue weighted by molar-refractivity contribution is -0.136. The van der Waals surface area contributed by atoms with E-state index in [2.05, 4.69) is 11.4 Å². The van der Waals surface area contributed by atoms with Crippen molar-refractivity contribution < 1.29 is 9.53 Å². The fourth-order valence-electron chi connectivity index (χ4n) is 3.76. The van der Waals surface area contributed by atoms with Crippen LogP contribution in [0.1, 0.15) is 38.5 Å². The first-order valence-electron chi connectivity index (χ1n) is 8.30. The molecule has 0 radical (unpaired) electrons. The number of hydrogen-bond acceptors (Lipinski definition) is 4. The Morgan fingerprint density at radius 1 is 1.22 bits per heavy atom. The first-order valence-corrected chi connectivity index (χ1v) is 8.68. The second kappa shape index (κ2) is 7.33. The van der Waals surface area contributed by atoms with E-state index in [1.807, 2.05) is 0 Å². The van der Waals surface area contributed by atoms with Gasteiger partial charge in [0.2, 0.25) is 0 Å². The molecule has 122 valence electrons. The minimum atomic E-state index is -0.401. The topological polar surface area (TPSA) is 62.1 Å². The molecular formula is C18H21ClN2O2. The molecule has 1 aromatic carbocycles. The number of nitrogens with zero attached hydrogens (tertiary/aromatic N) is 1. The smallest absolute Gasteiger partial charge is 0.328 e. The number of carbonyl (C=O) groups excluding carboxylic acids is 1. The second-order valence-corrected chi connectivity index (χ2v) is 6.93. The van der Waals surface area contributed by atoms with Crippen LogP contribution in [0.3, 0.4) is 0 Å². The van der Waals surface area contributed by atoms with E-state index in [4.69, 9.17) is 16.3 Å². The highest BCUT2D eigenvalue weighted by molar-refractivity contribution is 6.30. The monoisotopic (exact) mass is 332 g/mol. The van der Waals surface area contributed by atoms with Gasteiger partial charge in [0, 0.05) is 11.1 Å². The number of rotatable bonds is 3. The van der Waals surface area contributed by atoms with E-state index in [0.29, 0.717) is 23.1 Å². The quantitative estimate of drug-likeness (QED) is 0.677. The average molecular weight is 333 g/mol. The Kier molecular flexibility index (Phi) is 5.20. The molecule has 0 bridgehead atoms. The molecule has 2 fully saturated rings. The van der Waals surface area contributed by atoms with Gasteiger partial charge in [-0.05, 0) is 49.4 Å². The Morgan fingerprint density at radius 3 is 2.57 bits per heavy atom. The third-order valence-corrected chi connectivity index (χ3v) is 5.21. The van der Waals surface area contributed by atoms with Crippen molar-refractivity contribution in [2.75, 3.05) is 0 Å². The van der Waals surface area contributed by atoms with E-state index in [0.717, 1.165) is 12.8 Å². The van der Waals surface area contributed by atoms with Crippen molar-refractivity contribution in [3.8, 4) is 11.8 Å². The van der Waals surface area contributed by atoms with Gasteiger partial charge in [-0.1, -0.05) is 30.9 Å². The molecule has 4 nitrogen and oxygen atoms in total. The molecular weight excluding hydrogens is 312 g/mol. The number of esters is 1. The van der Waals surface area contributed by atoms with Gasteiger partial charge < -0.3 is 4.74 Å². The number of nitriles is 1. The molecule has 5 heteroatoms. The molecule has 0 spiro atoms. The summed E-state index contributed by atoms with van der Waals surface area (Å²) in [5.41, 5.74) is 0. The third-order valence-electron chi connectivity index (χ3n) is 4.96. The Bertz CT molecular complexity index is 590. The number of nitrogens with one attached hydrogen (secondary N) is 1. The minimum Gasteiger partial charge on any atom is -0.425 e. The summed E-state index contributed by atoms with van der Waals surface area (Å²) in [6.45, 7) is 0. The van der Waals surface area contributed by atoms with Crippen LogP contribution < -0.4 is 10.1 Å². The highest BCUT2D eigenvalue weighted by Crippen LogP contribution is 2.34. The van der Waals surface area contributed by atoms with E-state index < -0.39 is 6.04 Å². The number of carbonyl (C=O) groups is 1. The van der Waals surface area contributed by atoms with Gasteiger partial charge in [-0.15, -0.1) is 0 Å². The van der Waals surface area contributed by atoms with Crippen LogP contribution in [0, 0.1) is 23.2 Å². The Labute approximate surface area is 141 Å². The fraction of sp³-hybridized carbons (Fsp3) is 0.556. The van der Waals surface area contributed by atoms with Crippen molar-refractivity contribution in [1.29, 1.82) is 5.26 Å². The van der Waals surface area contributed by atoms with Crippen LogP contribution >= 0.6 is 11.6 Å². The second-order valence-electron chi connectivity index (χ2n) is 6.49. The summed E-state index contributed by atoms with van der Waals surface area (Å²) in [5.74, 6) is 0.560. The van der Waals surface area contributed by atoms with Gasteiger partial charge in [0.15, 0.2) is 0 Å². The predicted molar refractivity (Wildman–Crippen MR) is 88.1 cm³/mol. The molecule has 23 heavy (non-hydrogen) atoms.